The number of terminal acetylenes is 1. The first kappa shape index (κ1) is 71.7. The second-order valence-electron chi connectivity index (χ2n) is 24.4. The Morgan fingerprint density at radius 3 is 1.65 bits per heavy atom. The van der Waals surface area contributed by atoms with Gasteiger partial charge in [-0.2, -0.15) is 14.4 Å². The number of esters is 2. The molecule has 9 aromatic rings. The molecule has 0 amide bonds. The number of imidazole rings is 1. The van der Waals surface area contributed by atoms with Gasteiger partial charge in [0.05, 0.1) is 33.8 Å². The molecule has 0 spiro atoms. The molecule has 2 N–H and O–H groups in total. The van der Waals surface area contributed by atoms with Crippen LogP contribution in [0.1, 0.15) is 142 Å². The topological polar surface area (TPSA) is 193 Å². The van der Waals surface area contributed by atoms with E-state index in [4.69, 9.17) is 48.9 Å². The molecule has 1 unspecified atom stereocenters. The van der Waals surface area contributed by atoms with Crippen LogP contribution in [-0.2, 0) is 59.7 Å². The lowest BCUT2D eigenvalue weighted by Crippen LogP contribution is -2.49. The molecule has 17 nitrogen and oxygen atoms in total. The summed E-state index contributed by atoms with van der Waals surface area (Å²) in [6.45, 7) is 2.93. The zero-order valence-electron chi connectivity index (χ0n) is 56.3. The van der Waals surface area contributed by atoms with Crippen molar-refractivity contribution >= 4 is 36.7 Å². The number of anilines is 1. The molecule has 7 aromatic carbocycles. The van der Waals surface area contributed by atoms with Gasteiger partial charge in [-0.15, -0.1) is 6.42 Å². The van der Waals surface area contributed by atoms with Crippen molar-refractivity contribution in [1.29, 1.82) is 0 Å². The van der Waals surface area contributed by atoms with E-state index in [1.807, 2.05) is 200 Å². The highest BCUT2D eigenvalue weighted by Crippen LogP contribution is 2.52. The fraction of sp³-hybridized carbons (Fsp3) is 0.354. The Bertz CT molecular complexity index is 3960. The molecular weight excluding hydrogens is 1260 g/mol. The number of carbonyl (C=O) groups is 2. The third kappa shape index (κ3) is 17.4. The van der Waals surface area contributed by atoms with E-state index in [-0.39, 0.29) is 43.0 Å². The van der Waals surface area contributed by atoms with Gasteiger partial charge in [0.25, 0.3) is 0 Å². The molecule has 10 rings (SSSR count). The average molecular weight is 1350 g/mol. The van der Waals surface area contributed by atoms with Crippen LogP contribution < -0.4 is 19.9 Å². The molecule has 2 aromatic heterocycles. The van der Waals surface area contributed by atoms with Crippen molar-refractivity contribution < 1.29 is 56.0 Å². The average Bonchev–Trinajstić information content (AvgIpc) is 1.38. The number of unbranched alkanes of at least 4 members (excludes halogenated alkanes) is 10. The predicted octanol–water partition coefficient (Wildman–Crippen LogP) is 16.2. The molecule has 5 atom stereocenters. The van der Waals surface area contributed by atoms with Crippen LogP contribution in [0.3, 0.4) is 0 Å². The van der Waals surface area contributed by atoms with Crippen molar-refractivity contribution in [3.05, 3.63) is 252 Å². The molecule has 512 valence electrons. The lowest BCUT2D eigenvalue weighted by atomic mass is 9.77. The Kier molecular flexibility index (Phi) is 25.6. The van der Waals surface area contributed by atoms with Gasteiger partial charge in [-0.05, 0) is 82.5 Å². The van der Waals surface area contributed by atoms with Crippen molar-refractivity contribution in [2.45, 2.75) is 139 Å². The molecule has 1 fully saturated rings. The Morgan fingerprint density at radius 1 is 0.643 bits per heavy atom. The lowest BCUT2D eigenvalue weighted by Gasteiger charge is -2.41. The van der Waals surface area contributed by atoms with Gasteiger partial charge in [-0.25, -0.2) is 19.4 Å². The van der Waals surface area contributed by atoms with Crippen LogP contribution in [0.25, 0.3) is 11.2 Å². The van der Waals surface area contributed by atoms with Gasteiger partial charge in [0.15, 0.2) is 29.2 Å². The lowest BCUT2D eigenvalue weighted by molar-refractivity contribution is -0.147. The van der Waals surface area contributed by atoms with Crippen LogP contribution in [0, 0.1) is 18.4 Å². The zero-order valence-corrected chi connectivity index (χ0v) is 57.2. The normalized spacial score (nSPS) is 16.4. The highest BCUT2D eigenvalue weighted by Gasteiger charge is 2.56. The Balaban J connectivity index is 1.08. The number of nitrogens with zero attached hydrogens (tertiary/aromatic N) is 4. The summed E-state index contributed by atoms with van der Waals surface area (Å²) in [6, 6.07) is 61.7. The van der Waals surface area contributed by atoms with Gasteiger partial charge in [-0.1, -0.05) is 260 Å². The van der Waals surface area contributed by atoms with E-state index >= 15 is 8.96 Å². The third-order valence-corrected chi connectivity index (χ3v) is 19.4. The number of nitrogens with one attached hydrogen (secondary N) is 2. The largest absolute Gasteiger partial charge is 0.497 e. The summed E-state index contributed by atoms with van der Waals surface area (Å²) < 4.78 is 85.2. The van der Waals surface area contributed by atoms with Crippen LogP contribution in [-0.4, -0.2) is 89.9 Å². The maximum Gasteiger partial charge on any atom is 0.406 e. The highest BCUT2D eigenvalue weighted by molar-refractivity contribution is 7.51. The minimum atomic E-state index is -4.94. The van der Waals surface area contributed by atoms with Crippen molar-refractivity contribution in [3.8, 4) is 23.8 Å². The first-order valence-electron chi connectivity index (χ1n) is 34.0. The van der Waals surface area contributed by atoms with Gasteiger partial charge < -0.3 is 33.7 Å². The summed E-state index contributed by atoms with van der Waals surface area (Å²) in [5.74, 6) is 2.64. The number of ether oxygens (including phenoxy) is 6. The minimum Gasteiger partial charge on any atom is -0.497 e. The fourth-order valence-corrected chi connectivity index (χ4v) is 14.1. The number of benzene rings is 7. The quantitative estimate of drug-likeness (QED) is 0.00926. The standard InChI is InChI=1S/C79H88FN6O11P/c1-6-9-11-13-15-32-52-92-71(87)56-94-98(89,85-68(54-59-34-22-17-23-35-59)75(88)93-53-33-16-14-12-10-7-2)95-57-77(8-3)69(96-79(63-40-28-20-29-41-63,64-42-30-21-31-43-64)65-46-50-67(91-5)51-47-65)55-70(97-77)86-58-81-72-73(82-76(80)83-74(72)86)84-78(60-36-24-18-25-37-60,61-38-26-19-27-39-61)62-44-48-66(90-4)49-45-62/h3,17-31,34-51,58,68-70H,6-7,9-16,32-33,52-57H2,1-2,4-5H3,(H,85,89)(H,82,83,84)/t68-,69-,70+,77+,98?/m0/s1. The molecule has 0 bridgehead atoms. The number of hydrogen-bond donors (Lipinski definition) is 2. The molecule has 0 radical (unpaired) electrons. The molecule has 0 saturated carbocycles. The maximum absolute atomic E-state index is 16.9. The molecule has 1 saturated heterocycles. The molecular formula is C79H88FN6O11P. The Morgan fingerprint density at radius 2 is 1.12 bits per heavy atom. The number of fused-ring (bicyclic) bond motifs is 1. The van der Waals surface area contributed by atoms with Gasteiger partial charge >= 0.3 is 25.8 Å². The number of carbonyl (C=O) groups excluding carboxylic acids is 2. The maximum atomic E-state index is 16.9. The van der Waals surface area contributed by atoms with Crippen molar-refractivity contribution in [3.63, 3.8) is 0 Å². The van der Waals surface area contributed by atoms with E-state index in [1.54, 1.807) is 18.8 Å². The molecule has 0 aliphatic carbocycles. The van der Waals surface area contributed by atoms with Gasteiger partial charge in [0.2, 0.25) is 0 Å². The Labute approximate surface area is 574 Å². The summed E-state index contributed by atoms with van der Waals surface area (Å²) >= 11 is 0. The second-order valence-corrected chi connectivity index (χ2v) is 26.2. The van der Waals surface area contributed by atoms with Crippen LogP contribution >= 0.6 is 7.75 Å². The SMILES string of the molecule is C#C[C@]1(COP(=O)(N[C@@H](Cc2ccccc2)C(=O)OCCCCCCCC)OCC(=O)OCCCCCCCC)O[C@@H](n2cnc3c(NC(c4ccccc4)(c4ccccc4)c4ccc(OC)cc4)nc(F)nc32)C[C@@H]1OC(c1ccccc1)(c1ccccc1)c1ccc(OC)cc1. The second kappa shape index (κ2) is 34.9. The molecule has 1 aliphatic heterocycles. The number of aromatic nitrogens is 4. The Hall–Kier alpha value is -9.05. The van der Waals surface area contributed by atoms with E-state index in [0.717, 1.165) is 80.9 Å². The summed E-state index contributed by atoms with van der Waals surface area (Å²) in [4.78, 5) is 42.0. The van der Waals surface area contributed by atoms with Crippen LogP contribution in [0.15, 0.2) is 207 Å². The monoisotopic (exact) mass is 1350 g/mol. The van der Waals surface area contributed by atoms with Crippen LogP contribution in [0.5, 0.6) is 11.5 Å². The molecule has 1 aliphatic rings. The fourth-order valence-electron chi connectivity index (χ4n) is 12.7. The zero-order chi connectivity index (χ0) is 68.6. The highest BCUT2D eigenvalue weighted by atomic mass is 31.2. The first-order valence-corrected chi connectivity index (χ1v) is 35.5. The van der Waals surface area contributed by atoms with E-state index in [0.29, 0.717) is 46.6 Å². The molecule has 98 heavy (non-hydrogen) atoms. The minimum absolute atomic E-state index is 0.0145. The summed E-state index contributed by atoms with van der Waals surface area (Å²) in [5, 5.41) is 6.60. The summed E-state index contributed by atoms with van der Waals surface area (Å²) in [6.07, 6.45) is 16.2. The van der Waals surface area contributed by atoms with Gasteiger partial charge in [-0.3, -0.25) is 18.4 Å². The third-order valence-electron chi connectivity index (χ3n) is 17.8. The number of halogens is 1. The van der Waals surface area contributed by atoms with E-state index in [1.165, 1.54) is 6.33 Å². The smallest absolute Gasteiger partial charge is 0.406 e. The first-order chi connectivity index (χ1) is 47.9. The van der Waals surface area contributed by atoms with Crippen molar-refractivity contribution in [2.24, 2.45) is 0 Å². The van der Waals surface area contributed by atoms with Crippen LogP contribution in [0.2, 0.25) is 0 Å². The molecule has 3 heterocycles. The van der Waals surface area contributed by atoms with Crippen LogP contribution in [0.4, 0.5) is 10.2 Å². The predicted molar refractivity (Wildman–Crippen MR) is 377 cm³/mol. The van der Waals surface area contributed by atoms with E-state index in [2.05, 4.69) is 40.1 Å². The molecule has 19 heteroatoms. The number of rotatable bonds is 38. The van der Waals surface area contributed by atoms with E-state index in [9.17, 15) is 9.59 Å². The summed E-state index contributed by atoms with van der Waals surface area (Å²) in [7, 11) is -1.75. The number of hydrogen-bond acceptors (Lipinski definition) is 15. The van der Waals surface area contributed by atoms with Crippen molar-refractivity contribution in [1.82, 2.24) is 24.6 Å². The summed E-state index contributed by atoms with van der Waals surface area (Å²) in [5.41, 5.74) is 0.550. The van der Waals surface area contributed by atoms with Gasteiger partial charge in [0.1, 0.15) is 47.6 Å². The van der Waals surface area contributed by atoms with Gasteiger partial charge in [0, 0.05) is 6.42 Å². The van der Waals surface area contributed by atoms with Crippen molar-refractivity contribution in [2.75, 3.05) is 46.0 Å². The van der Waals surface area contributed by atoms with E-state index < -0.39 is 74.1 Å². The number of methoxy groups -OCH3 is 2.